The van der Waals surface area contributed by atoms with E-state index in [0.717, 1.165) is 30.3 Å². The van der Waals surface area contributed by atoms with Crippen LogP contribution in [0.1, 0.15) is 15.9 Å². The zero-order chi connectivity index (χ0) is 15.6. The minimum atomic E-state index is -4.44. The molecule has 0 heterocycles. The summed E-state index contributed by atoms with van der Waals surface area (Å²) in [7, 11) is 0. The second-order valence-corrected chi connectivity index (χ2v) is 5.07. The number of carbonyl (C=O) groups excluding carboxylic acids is 1. The van der Waals surface area contributed by atoms with E-state index in [1.807, 2.05) is 0 Å². The number of hydrogen-bond acceptors (Lipinski definition) is 1. The maximum absolute atomic E-state index is 13.6. The third-order valence-corrected chi connectivity index (χ3v) is 3.14. The Bertz CT molecular complexity index is 668. The van der Waals surface area contributed by atoms with E-state index in [9.17, 15) is 22.4 Å². The van der Waals surface area contributed by atoms with Crippen LogP contribution in [0.2, 0.25) is 0 Å². The molecule has 0 saturated heterocycles. The molecular formula is C14H8BrF4NO. The maximum atomic E-state index is 13.6. The number of anilines is 1. The summed E-state index contributed by atoms with van der Waals surface area (Å²) in [6.07, 6.45) is -4.44. The Hall–Kier alpha value is -1.89. The lowest BCUT2D eigenvalue weighted by Crippen LogP contribution is -2.14. The molecule has 0 aliphatic rings. The molecule has 0 bridgehead atoms. The molecule has 21 heavy (non-hydrogen) atoms. The Morgan fingerprint density at radius 3 is 2.19 bits per heavy atom. The van der Waals surface area contributed by atoms with Gasteiger partial charge >= 0.3 is 6.18 Å². The quantitative estimate of drug-likeness (QED) is 0.760. The highest BCUT2D eigenvalue weighted by Gasteiger charge is 2.30. The van der Waals surface area contributed by atoms with Gasteiger partial charge in [0.25, 0.3) is 5.91 Å². The summed E-state index contributed by atoms with van der Waals surface area (Å²) in [4.78, 5) is 11.8. The minimum Gasteiger partial charge on any atom is -0.322 e. The molecule has 0 spiro atoms. The Morgan fingerprint density at radius 2 is 1.67 bits per heavy atom. The summed E-state index contributed by atoms with van der Waals surface area (Å²) in [6.45, 7) is 0. The van der Waals surface area contributed by atoms with Crippen LogP contribution in [-0.4, -0.2) is 5.91 Å². The number of rotatable bonds is 2. The van der Waals surface area contributed by atoms with Crippen LogP contribution in [0.3, 0.4) is 0 Å². The van der Waals surface area contributed by atoms with Gasteiger partial charge in [0.15, 0.2) is 0 Å². The van der Waals surface area contributed by atoms with Gasteiger partial charge in [0.1, 0.15) is 5.82 Å². The van der Waals surface area contributed by atoms with E-state index in [2.05, 4.69) is 21.2 Å². The van der Waals surface area contributed by atoms with Gasteiger partial charge in [-0.1, -0.05) is 15.9 Å². The zero-order valence-corrected chi connectivity index (χ0v) is 11.9. The summed E-state index contributed by atoms with van der Waals surface area (Å²) in [6, 6.07) is 7.79. The van der Waals surface area contributed by atoms with Gasteiger partial charge in [-0.15, -0.1) is 0 Å². The van der Waals surface area contributed by atoms with Crippen LogP contribution in [0.15, 0.2) is 46.9 Å². The molecule has 2 rings (SSSR count). The number of benzene rings is 2. The monoisotopic (exact) mass is 361 g/mol. The molecule has 0 aliphatic heterocycles. The first kappa shape index (κ1) is 15.5. The maximum Gasteiger partial charge on any atom is 0.416 e. The van der Waals surface area contributed by atoms with Crippen molar-refractivity contribution in [1.82, 2.24) is 0 Å². The SMILES string of the molecule is O=C(Nc1ccc(C(F)(F)F)cc1)c1ccc(Br)cc1F. The van der Waals surface area contributed by atoms with Gasteiger partial charge in [-0.05, 0) is 42.5 Å². The molecule has 0 radical (unpaired) electrons. The number of hydrogen-bond donors (Lipinski definition) is 1. The average molecular weight is 362 g/mol. The second-order valence-electron chi connectivity index (χ2n) is 4.15. The lowest BCUT2D eigenvalue weighted by Gasteiger charge is -2.09. The predicted molar refractivity (Wildman–Crippen MR) is 73.5 cm³/mol. The molecule has 1 amide bonds. The van der Waals surface area contributed by atoms with Crippen molar-refractivity contribution in [3.63, 3.8) is 0 Å². The summed E-state index contributed by atoms with van der Waals surface area (Å²) < 4.78 is 51.3. The van der Waals surface area contributed by atoms with Crippen LogP contribution in [0.25, 0.3) is 0 Å². The molecule has 0 saturated carbocycles. The van der Waals surface area contributed by atoms with Crippen molar-refractivity contribution in [1.29, 1.82) is 0 Å². The highest BCUT2D eigenvalue weighted by atomic mass is 79.9. The molecule has 0 aromatic heterocycles. The van der Waals surface area contributed by atoms with Crippen molar-refractivity contribution >= 4 is 27.5 Å². The molecule has 0 fully saturated rings. The molecule has 2 aromatic rings. The van der Waals surface area contributed by atoms with E-state index in [1.165, 1.54) is 12.1 Å². The lowest BCUT2D eigenvalue weighted by molar-refractivity contribution is -0.137. The molecule has 1 N–H and O–H groups in total. The van der Waals surface area contributed by atoms with Crippen molar-refractivity contribution in [2.75, 3.05) is 5.32 Å². The summed E-state index contributed by atoms with van der Waals surface area (Å²) in [5, 5.41) is 2.34. The molecule has 0 unspecified atom stereocenters. The fraction of sp³-hybridized carbons (Fsp3) is 0.0714. The fourth-order valence-corrected chi connectivity index (χ4v) is 1.95. The minimum absolute atomic E-state index is 0.148. The average Bonchev–Trinajstić information content (AvgIpc) is 2.38. The number of amides is 1. The van der Waals surface area contributed by atoms with Crippen molar-refractivity contribution in [2.45, 2.75) is 6.18 Å². The zero-order valence-electron chi connectivity index (χ0n) is 10.3. The van der Waals surface area contributed by atoms with E-state index in [4.69, 9.17) is 0 Å². The Morgan fingerprint density at radius 1 is 1.05 bits per heavy atom. The molecule has 0 aliphatic carbocycles. The van der Waals surface area contributed by atoms with Crippen LogP contribution < -0.4 is 5.32 Å². The summed E-state index contributed by atoms with van der Waals surface area (Å²) in [5.74, 6) is -1.46. The third-order valence-electron chi connectivity index (χ3n) is 2.65. The van der Waals surface area contributed by atoms with Crippen LogP contribution in [-0.2, 0) is 6.18 Å². The summed E-state index contributed by atoms with van der Waals surface area (Å²) >= 11 is 3.06. The van der Waals surface area contributed by atoms with E-state index in [0.29, 0.717) is 4.47 Å². The highest BCUT2D eigenvalue weighted by molar-refractivity contribution is 9.10. The Balaban J connectivity index is 2.16. The topological polar surface area (TPSA) is 29.1 Å². The van der Waals surface area contributed by atoms with Gasteiger partial charge in [-0.2, -0.15) is 13.2 Å². The Labute approximate surface area is 125 Å². The van der Waals surface area contributed by atoms with Gasteiger partial charge in [-0.3, -0.25) is 4.79 Å². The van der Waals surface area contributed by atoms with E-state index < -0.39 is 23.5 Å². The smallest absolute Gasteiger partial charge is 0.322 e. The van der Waals surface area contributed by atoms with Crippen molar-refractivity contribution in [2.24, 2.45) is 0 Å². The van der Waals surface area contributed by atoms with Crippen LogP contribution in [0.5, 0.6) is 0 Å². The van der Waals surface area contributed by atoms with Crippen molar-refractivity contribution in [3.05, 3.63) is 63.9 Å². The number of carbonyl (C=O) groups is 1. The largest absolute Gasteiger partial charge is 0.416 e. The Kier molecular flexibility index (Phi) is 4.32. The summed E-state index contributed by atoms with van der Waals surface area (Å²) in [5.41, 5.74) is -0.872. The highest BCUT2D eigenvalue weighted by Crippen LogP contribution is 2.30. The van der Waals surface area contributed by atoms with Crippen LogP contribution in [0, 0.1) is 5.82 Å². The second kappa shape index (κ2) is 5.85. The third kappa shape index (κ3) is 3.81. The van der Waals surface area contributed by atoms with Crippen molar-refractivity contribution in [3.8, 4) is 0 Å². The fourth-order valence-electron chi connectivity index (χ4n) is 1.61. The normalized spacial score (nSPS) is 11.3. The van der Waals surface area contributed by atoms with E-state index >= 15 is 0 Å². The van der Waals surface area contributed by atoms with Gasteiger partial charge in [-0.25, -0.2) is 4.39 Å². The van der Waals surface area contributed by atoms with Gasteiger partial charge < -0.3 is 5.32 Å². The number of nitrogens with one attached hydrogen (secondary N) is 1. The van der Waals surface area contributed by atoms with Gasteiger partial charge in [0, 0.05) is 10.2 Å². The first-order chi connectivity index (χ1) is 9.77. The van der Waals surface area contributed by atoms with Crippen LogP contribution in [0.4, 0.5) is 23.2 Å². The van der Waals surface area contributed by atoms with E-state index in [1.54, 1.807) is 0 Å². The molecule has 7 heteroatoms. The van der Waals surface area contributed by atoms with Gasteiger partial charge in [0.2, 0.25) is 0 Å². The first-order valence-electron chi connectivity index (χ1n) is 5.71. The molecule has 2 aromatic carbocycles. The van der Waals surface area contributed by atoms with Crippen molar-refractivity contribution < 1.29 is 22.4 Å². The molecule has 2 nitrogen and oxygen atoms in total. The number of halogens is 5. The number of alkyl halides is 3. The molecular weight excluding hydrogens is 354 g/mol. The lowest BCUT2D eigenvalue weighted by atomic mass is 10.1. The molecule has 110 valence electrons. The predicted octanol–water partition coefficient (Wildman–Crippen LogP) is 4.86. The van der Waals surface area contributed by atoms with E-state index in [-0.39, 0.29) is 11.3 Å². The molecule has 0 atom stereocenters. The first-order valence-corrected chi connectivity index (χ1v) is 6.50. The van der Waals surface area contributed by atoms with Crippen LogP contribution >= 0.6 is 15.9 Å². The van der Waals surface area contributed by atoms with Gasteiger partial charge in [0.05, 0.1) is 11.1 Å². The standard InChI is InChI=1S/C14H8BrF4NO/c15-9-3-6-11(12(16)7-9)13(21)20-10-4-1-8(2-5-10)14(17,18)19/h1-7H,(H,20,21).